The molecule has 1 aliphatic heterocycles. The molecule has 1 heterocycles. The van der Waals surface area contributed by atoms with Gasteiger partial charge in [0.2, 0.25) is 0 Å². The first-order chi connectivity index (χ1) is 7.19. The van der Waals surface area contributed by atoms with Crippen LogP contribution in [0.4, 0.5) is 0 Å². The Labute approximate surface area is 91.6 Å². The maximum atomic E-state index is 10.9. The number of likely N-dealkylation sites (N-methyl/N-ethyl adjacent to an activating group) is 1. The van der Waals surface area contributed by atoms with Gasteiger partial charge in [-0.3, -0.25) is 9.69 Å². The minimum atomic E-state index is -0.752. The molecule has 1 rings (SSSR count). The van der Waals surface area contributed by atoms with Crippen LogP contribution in [0.1, 0.15) is 32.6 Å². The highest BCUT2D eigenvalue weighted by Crippen LogP contribution is 2.19. The lowest BCUT2D eigenvalue weighted by Gasteiger charge is -2.36. The quantitative estimate of drug-likeness (QED) is 0.714. The number of hydrogen-bond acceptors (Lipinski definition) is 3. The number of likely N-dealkylation sites (tertiary alicyclic amines) is 1. The number of aliphatic carboxylic acids is 1. The van der Waals surface area contributed by atoms with Crippen LogP contribution in [-0.2, 0) is 4.79 Å². The molecule has 0 aromatic carbocycles. The van der Waals surface area contributed by atoms with Crippen molar-refractivity contribution in [1.82, 2.24) is 10.2 Å². The fourth-order valence-electron chi connectivity index (χ4n) is 2.29. The topological polar surface area (TPSA) is 52.6 Å². The van der Waals surface area contributed by atoms with Gasteiger partial charge in [-0.1, -0.05) is 13.3 Å². The lowest BCUT2D eigenvalue weighted by molar-refractivity contribution is -0.140. The Morgan fingerprint density at radius 3 is 2.87 bits per heavy atom. The van der Waals surface area contributed by atoms with Gasteiger partial charge in [-0.15, -0.1) is 0 Å². The highest BCUT2D eigenvalue weighted by Gasteiger charge is 2.25. The average molecular weight is 214 g/mol. The molecule has 0 aromatic rings. The van der Waals surface area contributed by atoms with E-state index in [1.165, 1.54) is 19.3 Å². The molecule has 2 unspecified atom stereocenters. The standard InChI is InChI=1S/C11H22N2O2/c1-3-9-6-4-5-7-13(9)8-10(12-2)11(14)15/h9-10,12H,3-8H2,1-2H3,(H,14,15). The van der Waals surface area contributed by atoms with E-state index >= 15 is 0 Å². The zero-order valence-corrected chi connectivity index (χ0v) is 9.70. The normalized spacial score (nSPS) is 25.1. The van der Waals surface area contributed by atoms with Gasteiger partial charge >= 0.3 is 5.97 Å². The molecule has 2 N–H and O–H groups in total. The Morgan fingerprint density at radius 1 is 1.60 bits per heavy atom. The first-order valence-electron chi connectivity index (χ1n) is 5.83. The Bertz CT molecular complexity index is 209. The maximum absolute atomic E-state index is 10.9. The molecule has 15 heavy (non-hydrogen) atoms. The second kappa shape index (κ2) is 6.08. The summed E-state index contributed by atoms with van der Waals surface area (Å²) in [5.41, 5.74) is 0. The van der Waals surface area contributed by atoms with E-state index < -0.39 is 12.0 Å². The molecule has 4 heteroatoms. The zero-order valence-electron chi connectivity index (χ0n) is 9.70. The number of rotatable bonds is 5. The Morgan fingerprint density at radius 2 is 2.33 bits per heavy atom. The van der Waals surface area contributed by atoms with Crippen LogP contribution in [0.2, 0.25) is 0 Å². The van der Waals surface area contributed by atoms with E-state index in [-0.39, 0.29) is 0 Å². The van der Waals surface area contributed by atoms with Gasteiger partial charge in [0.25, 0.3) is 0 Å². The summed E-state index contributed by atoms with van der Waals surface area (Å²) < 4.78 is 0. The first-order valence-corrected chi connectivity index (χ1v) is 5.83. The fraction of sp³-hybridized carbons (Fsp3) is 0.909. The molecular formula is C11H22N2O2. The highest BCUT2D eigenvalue weighted by atomic mass is 16.4. The lowest BCUT2D eigenvalue weighted by atomic mass is 9.99. The second-order valence-electron chi connectivity index (χ2n) is 4.23. The molecular weight excluding hydrogens is 192 g/mol. The van der Waals surface area contributed by atoms with Gasteiger partial charge in [-0.25, -0.2) is 0 Å². The van der Waals surface area contributed by atoms with E-state index in [1.54, 1.807) is 7.05 Å². The minimum absolute atomic E-state index is 0.433. The molecule has 1 aliphatic rings. The van der Waals surface area contributed by atoms with Crippen molar-refractivity contribution in [1.29, 1.82) is 0 Å². The summed E-state index contributed by atoms with van der Waals surface area (Å²) in [4.78, 5) is 13.2. The summed E-state index contributed by atoms with van der Waals surface area (Å²) in [6.07, 6.45) is 4.82. The van der Waals surface area contributed by atoms with E-state index in [0.717, 1.165) is 13.0 Å². The number of carboxylic acids is 1. The van der Waals surface area contributed by atoms with Crippen molar-refractivity contribution >= 4 is 5.97 Å². The molecule has 1 fully saturated rings. The van der Waals surface area contributed by atoms with Crippen LogP contribution in [0.15, 0.2) is 0 Å². The molecule has 0 amide bonds. The monoisotopic (exact) mass is 214 g/mol. The van der Waals surface area contributed by atoms with Crippen molar-refractivity contribution in [3.63, 3.8) is 0 Å². The smallest absolute Gasteiger partial charge is 0.322 e. The second-order valence-corrected chi connectivity index (χ2v) is 4.23. The molecule has 0 aliphatic carbocycles. The van der Waals surface area contributed by atoms with Gasteiger partial charge in [-0.2, -0.15) is 0 Å². The lowest BCUT2D eigenvalue weighted by Crippen LogP contribution is -2.49. The van der Waals surface area contributed by atoms with Crippen molar-refractivity contribution in [3.05, 3.63) is 0 Å². The van der Waals surface area contributed by atoms with Crippen LogP contribution in [0, 0.1) is 0 Å². The van der Waals surface area contributed by atoms with Crippen molar-refractivity contribution in [2.45, 2.75) is 44.7 Å². The minimum Gasteiger partial charge on any atom is -0.480 e. The number of piperidine rings is 1. The number of hydrogen-bond donors (Lipinski definition) is 2. The molecule has 0 aromatic heterocycles. The third kappa shape index (κ3) is 3.47. The van der Waals surface area contributed by atoms with Crippen molar-refractivity contribution in [3.8, 4) is 0 Å². The SMILES string of the molecule is CCC1CCCCN1CC(NC)C(=O)O. The third-order valence-electron chi connectivity index (χ3n) is 3.28. The van der Waals surface area contributed by atoms with Crippen molar-refractivity contribution in [2.24, 2.45) is 0 Å². The van der Waals surface area contributed by atoms with Crippen LogP contribution < -0.4 is 5.32 Å². The van der Waals surface area contributed by atoms with E-state index in [4.69, 9.17) is 5.11 Å². The third-order valence-corrected chi connectivity index (χ3v) is 3.28. The van der Waals surface area contributed by atoms with Crippen LogP contribution in [0.5, 0.6) is 0 Å². The largest absolute Gasteiger partial charge is 0.480 e. The highest BCUT2D eigenvalue weighted by molar-refractivity contribution is 5.73. The molecule has 88 valence electrons. The summed E-state index contributed by atoms with van der Waals surface area (Å²) in [6, 6.07) is 0.145. The van der Waals surface area contributed by atoms with Crippen molar-refractivity contribution in [2.75, 3.05) is 20.1 Å². The number of nitrogens with zero attached hydrogens (tertiary/aromatic N) is 1. The van der Waals surface area contributed by atoms with E-state index in [2.05, 4.69) is 17.1 Å². The summed E-state index contributed by atoms with van der Waals surface area (Å²) >= 11 is 0. The number of carbonyl (C=O) groups is 1. The van der Waals surface area contributed by atoms with Gasteiger partial charge < -0.3 is 10.4 Å². The summed E-state index contributed by atoms with van der Waals surface area (Å²) in [6.45, 7) is 3.85. The molecule has 0 saturated carbocycles. The Kier molecular flexibility index (Phi) is 5.05. The van der Waals surface area contributed by atoms with Crippen LogP contribution >= 0.6 is 0 Å². The number of carboxylic acid groups (broad SMARTS) is 1. The maximum Gasteiger partial charge on any atom is 0.322 e. The average Bonchev–Trinajstić information content (AvgIpc) is 2.25. The molecule has 1 saturated heterocycles. The molecule has 0 radical (unpaired) electrons. The van der Waals surface area contributed by atoms with Gasteiger partial charge in [-0.05, 0) is 32.9 Å². The van der Waals surface area contributed by atoms with Crippen LogP contribution in [-0.4, -0.2) is 48.2 Å². The van der Waals surface area contributed by atoms with Crippen LogP contribution in [0.3, 0.4) is 0 Å². The van der Waals surface area contributed by atoms with E-state index in [9.17, 15) is 4.79 Å². The zero-order chi connectivity index (χ0) is 11.3. The molecule has 0 bridgehead atoms. The summed E-state index contributed by atoms with van der Waals surface area (Å²) in [5, 5.41) is 11.8. The first kappa shape index (κ1) is 12.5. The molecule has 4 nitrogen and oxygen atoms in total. The number of nitrogens with one attached hydrogen (secondary N) is 1. The Hall–Kier alpha value is -0.610. The van der Waals surface area contributed by atoms with Gasteiger partial charge in [0.1, 0.15) is 6.04 Å². The fourth-order valence-corrected chi connectivity index (χ4v) is 2.29. The predicted octanol–water partition coefficient (Wildman–Crippen LogP) is 0.923. The van der Waals surface area contributed by atoms with E-state index in [0.29, 0.717) is 12.6 Å². The Balaban J connectivity index is 2.49. The molecule has 2 atom stereocenters. The van der Waals surface area contributed by atoms with E-state index in [1.807, 2.05) is 0 Å². The van der Waals surface area contributed by atoms with Gasteiger partial charge in [0, 0.05) is 12.6 Å². The van der Waals surface area contributed by atoms with Gasteiger partial charge in [0.15, 0.2) is 0 Å². The molecule has 0 spiro atoms. The predicted molar refractivity (Wildman–Crippen MR) is 60.0 cm³/mol. The summed E-state index contributed by atoms with van der Waals surface area (Å²) in [7, 11) is 1.71. The van der Waals surface area contributed by atoms with Gasteiger partial charge in [0.05, 0.1) is 0 Å². The summed E-state index contributed by atoms with van der Waals surface area (Å²) in [5.74, 6) is -0.752. The van der Waals surface area contributed by atoms with Crippen LogP contribution in [0.25, 0.3) is 0 Å². The van der Waals surface area contributed by atoms with Crippen molar-refractivity contribution < 1.29 is 9.90 Å².